The Bertz CT molecular complexity index is 665. The molecule has 23 heavy (non-hydrogen) atoms. The highest BCUT2D eigenvalue weighted by molar-refractivity contribution is 7.13. The Hall–Kier alpha value is -1.93. The number of amides is 1. The first-order valence-electron chi connectivity index (χ1n) is 7.95. The molecule has 1 amide bonds. The summed E-state index contributed by atoms with van der Waals surface area (Å²) in [5.74, 6) is 0.537. The molecule has 0 radical (unpaired) electrons. The number of hydrogen-bond donors (Lipinski definition) is 2. The molecule has 2 atom stereocenters. The van der Waals surface area contributed by atoms with E-state index < -0.39 is 0 Å². The van der Waals surface area contributed by atoms with Gasteiger partial charge in [-0.3, -0.25) is 9.89 Å². The molecule has 0 bridgehead atoms. The van der Waals surface area contributed by atoms with Crippen LogP contribution in [0.5, 0.6) is 0 Å². The number of carbonyl (C=O) groups excluding carboxylic acids is 1. The van der Waals surface area contributed by atoms with Crippen molar-refractivity contribution >= 4 is 28.2 Å². The van der Waals surface area contributed by atoms with Crippen LogP contribution in [0.25, 0.3) is 0 Å². The van der Waals surface area contributed by atoms with Crippen LogP contribution in [0.4, 0.5) is 10.9 Å². The lowest BCUT2D eigenvalue weighted by Gasteiger charge is -2.22. The number of H-pyrrole nitrogens is 1. The normalized spacial score (nSPS) is 24.3. The van der Waals surface area contributed by atoms with Gasteiger partial charge in [-0.25, -0.2) is 4.98 Å². The van der Waals surface area contributed by atoms with Crippen molar-refractivity contribution in [1.29, 1.82) is 0 Å². The molecule has 2 fully saturated rings. The van der Waals surface area contributed by atoms with Gasteiger partial charge in [-0.05, 0) is 25.7 Å². The van der Waals surface area contributed by atoms with Crippen LogP contribution in [0.15, 0.2) is 17.6 Å². The molecule has 7 nitrogen and oxygen atoms in total. The summed E-state index contributed by atoms with van der Waals surface area (Å²) in [4.78, 5) is 19.0. The van der Waals surface area contributed by atoms with Crippen LogP contribution in [0.3, 0.4) is 0 Å². The number of nitrogens with zero attached hydrogens (tertiary/aromatic N) is 3. The van der Waals surface area contributed by atoms with Crippen LogP contribution in [0.2, 0.25) is 0 Å². The molecular weight excluding hydrogens is 314 g/mol. The van der Waals surface area contributed by atoms with Gasteiger partial charge in [0.25, 0.3) is 0 Å². The zero-order chi connectivity index (χ0) is 15.6. The first-order valence-corrected chi connectivity index (χ1v) is 8.83. The molecule has 0 unspecified atom stereocenters. The third-order valence-corrected chi connectivity index (χ3v) is 5.15. The molecule has 0 spiro atoms. The van der Waals surface area contributed by atoms with E-state index in [1.807, 2.05) is 11.4 Å². The summed E-state index contributed by atoms with van der Waals surface area (Å²) in [6, 6.07) is 1.69. The molecular formula is C15H19N5O2S. The van der Waals surface area contributed by atoms with Gasteiger partial charge >= 0.3 is 0 Å². The summed E-state index contributed by atoms with van der Waals surface area (Å²) in [5.41, 5.74) is 0.931. The monoisotopic (exact) mass is 333 g/mol. The van der Waals surface area contributed by atoms with Crippen molar-refractivity contribution in [2.45, 2.75) is 37.8 Å². The van der Waals surface area contributed by atoms with Gasteiger partial charge in [0, 0.05) is 30.8 Å². The van der Waals surface area contributed by atoms with Crippen molar-refractivity contribution in [3.8, 4) is 0 Å². The topological polar surface area (TPSA) is 83.1 Å². The van der Waals surface area contributed by atoms with Gasteiger partial charge in [-0.2, -0.15) is 5.10 Å². The van der Waals surface area contributed by atoms with E-state index in [9.17, 15) is 4.79 Å². The van der Waals surface area contributed by atoms with Gasteiger partial charge in [0.1, 0.15) is 6.04 Å². The molecule has 2 saturated heterocycles. The zero-order valence-electron chi connectivity index (χ0n) is 12.7. The number of thiazole rings is 1. The molecule has 122 valence electrons. The van der Waals surface area contributed by atoms with E-state index >= 15 is 0 Å². The zero-order valence-corrected chi connectivity index (χ0v) is 13.5. The first kappa shape index (κ1) is 14.6. The number of hydrogen-bond acceptors (Lipinski definition) is 6. The Morgan fingerprint density at radius 2 is 2.39 bits per heavy atom. The van der Waals surface area contributed by atoms with E-state index in [1.165, 1.54) is 0 Å². The van der Waals surface area contributed by atoms with E-state index in [1.54, 1.807) is 17.5 Å². The molecule has 4 rings (SSSR count). The predicted molar refractivity (Wildman–Crippen MR) is 87.6 cm³/mol. The van der Waals surface area contributed by atoms with Crippen molar-refractivity contribution in [1.82, 2.24) is 15.2 Å². The summed E-state index contributed by atoms with van der Waals surface area (Å²) in [6.07, 6.45) is 5.75. The second kappa shape index (κ2) is 6.29. The number of rotatable bonds is 4. The molecule has 2 aromatic rings. The minimum atomic E-state index is -0.177. The van der Waals surface area contributed by atoms with Gasteiger partial charge in [0.2, 0.25) is 5.91 Å². The number of nitrogens with one attached hydrogen (secondary N) is 2. The molecule has 2 aliphatic rings. The van der Waals surface area contributed by atoms with Gasteiger partial charge in [-0.15, -0.1) is 11.3 Å². The van der Waals surface area contributed by atoms with Gasteiger partial charge in [0.15, 0.2) is 10.9 Å². The van der Waals surface area contributed by atoms with Crippen LogP contribution in [0.1, 0.15) is 37.5 Å². The highest BCUT2D eigenvalue weighted by Crippen LogP contribution is 2.30. The van der Waals surface area contributed by atoms with Crippen molar-refractivity contribution in [3.63, 3.8) is 0 Å². The molecule has 2 aromatic heterocycles. The lowest BCUT2D eigenvalue weighted by atomic mass is 10.2. The standard InChI is InChI=1S/C15H19N5O2S/c21-14(11-3-1-6-20(11)15-16-5-8-23-15)17-13-9-10(18-19-13)12-4-2-7-22-12/h5,8-9,11-12H,1-4,6-7H2,(H2,17,18,19,21)/t11-,12+/m1/s1. The van der Waals surface area contributed by atoms with Crippen molar-refractivity contribution in [2.24, 2.45) is 0 Å². The Morgan fingerprint density at radius 3 is 3.17 bits per heavy atom. The van der Waals surface area contributed by atoms with E-state index in [4.69, 9.17) is 4.74 Å². The number of ether oxygens (including phenoxy) is 1. The molecule has 0 aromatic carbocycles. The SMILES string of the molecule is O=C(Nc1cc([C@@H]2CCCO2)[nH]n1)[C@H]1CCCN1c1nccs1. The Kier molecular flexibility index (Phi) is 4.00. The fourth-order valence-corrected chi connectivity index (χ4v) is 3.94. The third-order valence-electron chi connectivity index (χ3n) is 4.35. The number of carbonyl (C=O) groups is 1. The Balaban J connectivity index is 1.43. The van der Waals surface area contributed by atoms with Gasteiger partial charge in [0.05, 0.1) is 11.8 Å². The van der Waals surface area contributed by atoms with E-state index in [0.29, 0.717) is 5.82 Å². The van der Waals surface area contributed by atoms with E-state index in [2.05, 4.69) is 25.4 Å². The average Bonchev–Trinajstić information content (AvgIpc) is 3.30. The number of aromatic amines is 1. The first-order chi connectivity index (χ1) is 11.3. The third kappa shape index (κ3) is 2.96. The van der Waals surface area contributed by atoms with Crippen molar-refractivity contribution in [2.75, 3.05) is 23.4 Å². The fourth-order valence-electron chi connectivity index (χ4n) is 3.22. The predicted octanol–water partition coefficient (Wildman–Crippen LogP) is 2.33. The van der Waals surface area contributed by atoms with Crippen LogP contribution >= 0.6 is 11.3 Å². The second-order valence-corrected chi connectivity index (χ2v) is 6.74. The van der Waals surface area contributed by atoms with E-state index in [-0.39, 0.29) is 18.1 Å². The minimum absolute atomic E-state index is 0.0249. The highest BCUT2D eigenvalue weighted by Gasteiger charge is 2.32. The molecule has 2 N–H and O–H groups in total. The minimum Gasteiger partial charge on any atom is -0.372 e. The smallest absolute Gasteiger partial charge is 0.248 e. The maximum Gasteiger partial charge on any atom is 0.248 e. The molecule has 4 heterocycles. The lowest BCUT2D eigenvalue weighted by Crippen LogP contribution is -2.39. The summed E-state index contributed by atoms with van der Waals surface area (Å²) in [5, 5.41) is 12.9. The van der Waals surface area contributed by atoms with Crippen molar-refractivity contribution in [3.05, 3.63) is 23.3 Å². The molecule has 2 aliphatic heterocycles. The molecule has 0 saturated carbocycles. The average molecular weight is 333 g/mol. The summed E-state index contributed by atoms with van der Waals surface area (Å²) in [7, 11) is 0. The maximum absolute atomic E-state index is 12.6. The summed E-state index contributed by atoms with van der Waals surface area (Å²) in [6.45, 7) is 1.66. The highest BCUT2D eigenvalue weighted by atomic mass is 32.1. The summed E-state index contributed by atoms with van der Waals surface area (Å²) >= 11 is 1.57. The van der Waals surface area contributed by atoms with E-state index in [0.717, 1.165) is 49.7 Å². The van der Waals surface area contributed by atoms with Crippen LogP contribution < -0.4 is 10.2 Å². The molecule has 0 aliphatic carbocycles. The Morgan fingerprint density at radius 1 is 1.43 bits per heavy atom. The fraction of sp³-hybridized carbons (Fsp3) is 0.533. The number of anilines is 2. The number of aromatic nitrogens is 3. The Labute approximate surface area is 138 Å². The second-order valence-electron chi connectivity index (χ2n) is 5.87. The van der Waals surface area contributed by atoms with Gasteiger partial charge < -0.3 is 15.0 Å². The van der Waals surface area contributed by atoms with Crippen molar-refractivity contribution < 1.29 is 9.53 Å². The lowest BCUT2D eigenvalue weighted by molar-refractivity contribution is -0.117. The van der Waals surface area contributed by atoms with Crippen LogP contribution in [-0.2, 0) is 9.53 Å². The van der Waals surface area contributed by atoms with Gasteiger partial charge in [-0.1, -0.05) is 0 Å². The largest absolute Gasteiger partial charge is 0.372 e. The van der Waals surface area contributed by atoms with Crippen LogP contribution in [0, 0.1) is 0 Å². The summed E-state index contributed by atoms with van der Waals surface area (Å²) < 4.78 is 5.62. The van der Waals surface area contributed by atoms with Crippen LogP contribution in [-0.4, -0.2) is 40.3 Å². The molecule has 8 heteroatoms. The quantitative estimate of drug-likeness (QED) is 0.897. The maximum atomic E-state index is 12.6.